The Morgan fingerprint density at radius 3 is 2.26 bits per heavy atom. The molecule has 0 aromatic heterocycles. The smallest absolute Gasteiger partial charge is 0.469 e. The Morgan fingerprint density at radius 2 is 1.59 bits per heavy atom. The highest BCUT2D eigenvalue weighted by atomic mass is 32.2. The van der Waals surface area contributed by atoms with Crippen molar-refractivity contribution in [2.75, 3.05) is 7.11 Å². The quantitative estimate of drug-likeness (QED) is 0.202. The van der Waals surface area contributed by atoms with Gasteiger partial charge in [-0.15, -0.1) is 0 Å². The van der Waals surface area contributed by atoms with Gasteiger partial charge in [0.05, 0.1) is 13.0 Å². The first kappa shape index (κ1) is 25.6. The average Bonchev–Trinajstić information content (AvgIpc) is 2.81. The molecule has 0 fully saturated rings. The molecule has 0 saturated heterocycles. The molecule has 0 aliphatic carbocycles. The predicted molar refractivity (Wildman–Crippen MR) is 123 cm³/mol. The van der Waals surface area contributed by atoms with Crippen LogP contribution in [0.1, 0.15) is 30.4 Å². The lowest BCUT2D eigenvalue weighted by molar-refractivity contribution is -0.145. The molecule has 1 atom stereocenters. The van der Waals surface area contributed by atoms with E-state index in [9.17, 15) is 26.4 Å². The lowest BCUT2D eigenvalue weighted by Crippen LogP contribution is -2.28. The number of fused-ring (bicyclic) bond motifs is 1. The molecule has 0 N–H and O–H groups in total. The van der Waals surface area contributed by atoms with Crippen molar-refractivity contribution in [2.45, 2.75) is 37.6 Å². The molecule has 0 saturated carbocycles. The summed E-state index contributed by atoms with van der Waals surface area (Å²) in [4.78, 5) is 12.3. The number of alkyl halides is 3. The molecule has 182 valence electrons. The number of ether oxygens (including phenoxy) is 1. The molecule has 0 radical (unpaired) electrons. The maximum atomic E-state index is 12.4. The second kappa shape index (κ2) is 10.9. The molecule has 0 spiro atoms. The van der Waals surface area contributed by atoms with E-state index in [0.29, 0.717) is 19.3 Å². The Bertz CT molecular complexity index is 1220. The number of hydrogen-bond acceptors (Lipinski definition) is 5. The van der Waals surface area contributed by atoms with Crippen LogP contribution in [-0.2, 0) is 32.5 Å². The molecule has 9 heteroatoms. The van der Waals surface area contributed by atoms with Crippen molar-refractivity contribution in [3.8, 4) is 5.75 Å². The number of esters is 1. The number of aryl methyl sites for hydroxylation is 2. The third-order valence-corrected chi connectivity index (χ3v) is 6.59. The van der Waals surface area contributed by atoms with E-state index in [2.05, 4.69) is 28.4 Å². The molecule has 0 aliphatic rings. The molecule has 0 amide bonds. The second-order valence-corrected chi connectivity index (χ2v) is 9.45. The first-order valence-corrected chi connectivity index (χ1v) is 12.2. The van der Waals surface area contributed by atoms with Gasteiger partial charge in [-0.2, -0.15) is 21.6 Å². The van der Waals surface area contributed by atoms with Gasteiger partial charge in [-0.05, 0) is 66.1 Å². The number of methoxy groups -OCH3 is 1. The maximum absolute atomic E-state index is 12.4. The lowest BCUT2D eigenvalue weighted by atomic mass is 9.92. The number of halogens is 3. The zero-order valence-corrected chi connectivity index (χ0v) is 19.4. The molecule has 5 nitrogen and oxygen atoms in total. The minimum absolute atomic E-state index is 0.311. The van der Waals surface area contributed by atoms with Crippen LogP contribution in [0.4, 0.5) is 13.2 Å². The van der Waals surface area contributed by atoms with Crippen LogP contribution in [0.15, 0.2) is 66.7 Å². The third-order valence-electron chi connectivity index (χ3n) is 5.61. The number of carbonyl (C=O) groups excluding carboxylic acids is 1. The van der Waals surface area contributed by atoms with E-state index in [1.807, 2.05) is 18.2 Å². The van der Waals surface area contributed by atoms with E-state index >= 15 is 0 Å². The number of benzene rings is 3. The molecule has 3 aromatic carbocycles. The Labute approximate surface area is 196 Å². The Balaban J connectivity index is 1.57. The summed E-state index contributed by atoms with van der Waals surface area (Å²) in [5, 5.41) is 2.36. The lowest BCUT2D eigenvalue weighted by Gasteiger charge is -2.15. The van der Waals surface area contributed by atoms with Crippen molar-refractivity contribution in [3.63, 3.8) is 0 Å². The summed E-state index contributed by atoms with van der Waals surface area (Å²) >= 11 is 0. The number of hydrogen-bond donors (Lipinski definition) is 0. The van der Waals surface area contributed by atoms with E-state index in [4.69, 9.17) is 4.74 Å². The third kappa shape index (κ3) is 6.50. The SMILES string of the molecule is COC(=O)C(CCCc1cccc2ccccc12)CCc1ccc(OS(=O)(=O)C(F)(F)F)cc1. The minimum Gasteiger partial charge on any atom is -0.469 e. The highest BCUT2D eigenvalue weighted by Gasteiger charge is 2.48. The van der Waals surface area contributed by atoms with E-state index in [1.165, 1.54) is 35.6 Å². The molecule has 34 heavy (non-hydrogen) atoms. The summed E-state index contributed by atoms with van der Waals surface area (Å²) in [5.41, 5.74) is -3.54. The Morgan fingerprint density at radius 1 is 0.912 bits per heavy atom. The minimum atomic E-state index is -5.71. The summed E-state index contributed by atoms with van der Waals surface area (Å²) in [6.07, 6.45) is 3.19. The highest BCUT2D eigenvalue weighted by molar-refractivity contribution is 7.88. The van der Waals surface area contributed by atoms with Crippen molar-refractivity contribution in [2.24, 2.45) is 5.92 Å². The molecule has 0 bridgehead atoms. The summed E-state index contributed by atoms with van der Waals surface area (Å²) in [6.45, 7) is 0. The van der Waals surface area contributed by atoms with Gasteiger partial charge in [0.1, 0.15) is 5.75 Å². The fourth-order valence-electron chi connectivity index (χ4n) is 3.82. The standard InChI is InChI=1S/C25H25F3O5S/c1-32-24(29)21(10-5-9-20-8-4-7-19-6-2-3-11-23(19)20)15-12-18-13-16-22(17-14-18)33-34(30,31)25(26,27)28/h2-4,6-8,11,13-14,16-17,21H,5,9-10,12,15H2,1H3. The first-order valence-electron chi connectivity index (χ1n) is 10.7. The van der Waals surface area contributed by atoms with Crippen molar-refractivity contribution >= 4 is 26.9 Å². The molecule has 3 aromatic rings. The van der Waals surface area contributed by atoms with Gasteiger partial charge in [0.2, 0.25) is 0 Å². The van der Waals surface area contributed by atoms with Gasteiger partial charge in [0.15, 0.2) is 0 Å². The van der Waals surface area contributed by atoms with E-state index in [-0.39, 0.29) is 11.9 Å². The van der Waals surface area contributed by atoms with Crippen LogP contribution in [0.25, 0.3) is 10.8 Å². The largest absolute Gasteiger partial charge is 0.534 e. The molecule has 0 aliphatic heterocycles. The van der Waals surface area contributed by atoms with E-state index < -0.39 is 21.4 Å². The Hall–Kier alpha value is -3.07. The maximum Gasteiger partial charge on any atom is 0.534 e. The van der Waals surface area contributed by atoms with Gasteiger partial charge in [0.25, 0.3) is 0 Å². The fourth-order valence-corrected chi connectivity index (χ4v) is 4.28. The molecular formula is C25H25F3O5S. The summed E-state index contributed by atoms with van der Waals surface area (Å²) in [6, 6.07) is 19.6. The van der Waals surface area contributed by atoms with E-state index in [0.717, 1.165) is 30.5 Å². The van der Waals surface area contributed by atoms with Crippen molar-refractivity contribution < 1.29 is 35.3 Å². The Kier molecular flexibility index (Phi) is 8.19. The van der Waals surface area contributed by atoms with Crippen molar-refractivity contribution in [1.29, 1.82) is 0 Å². The zero-order valence-electron chi connectivity index (χ0n) is 18.5. The first-order chi connectivity index (χ1) is 16.1. The molecule has 1 unspecified atom stereocenters. The van der Waals surface area contributed by atoms with Crippen LogP contribution in [0, 0.1) is 5.92 Å². The molecule has 0 heterocycles. The monoisotopic (exact) mass is 494 g/mol. The normalized spacial score (nSPS) is 12.9. The van der Waals surface area contributed by atoms with Crippen LogP contribution >= 0.6 is 0 Å². The summed E-state index contributed by atoms with van der Waals surface area (Å²) < 4.78 is 68.6. The van der Waals surface area contributed by atoms with Gasteiger partial charge in [0, 0.05) is 0 Å². The van der Waals surface area contributed by atoms with Crippen molar-refractivity contribution in [3.05, 3.63) is 77.9 Å². The van der Waals surface area contributed by atoms with Crippen LogP contribution in [0.3, 0.4) is 0 Å². The number of carbonyl (C=O) groups is 1. The van der Waals surface area contributed by atoms with Gasteiger partial charge in [-0.25, -0.2) is 0 Å². The summed E-state index contributed by atoms with van der Waals surface area (Å²) in [7, 11) is -4.37. The van der Waals surface area contributed by atoms with E-state index in [1.54, 1.807) is 0 Å². The second-order valence-electron chi connectivity index (χ2n) is 7.92. The van der Waals surface area contributed by atoms with Crippen LogP contribution in [0.2, 0.25) is 0 Å². The van der Waals surface area contributed by atoms with Crippen LogP contribution in [0.5, 0.6) is 5.75 Å². The van der Waals surface area contributed by atoms with Gasteiger partial charge in [-0.3, -0.25) is 4.79 Å². The zero-order chi connectivity index (χ0) is 24.8. The topological polar surface area (TPSA) is 69.7 Å². The highest BCUT2D eigenvalue weighted by Crippen LogP contribution is 2.28. The summed E-state index contributed by atoms with van der Waals surface area (Å²) in [5.74, 6) is -1.07. The number of rotatable bonds is 10. The predicted octanol–water partition coefficient (Wildman–Crippen LogP) is 5.81. The molecular weight excluding hydrogens is 469 g/mol. The van der Waals surface area contributed by atoms with Crippen molar-refractivity contribution in [1.82, 2.24) is 0 Å². The van der Waals surface area contributed by atoms with Crippen LogP contribution in [-0.4, -0.2) is 27.0 Å². The fraction of sp³-hybridized carbons (Fsp3) is 0.320. The van der Waals surface area contributed by atoms with Gasteiger partial charge in [-0.1, -0.05) is 54.6 Å². The van der Waals surface area contributed by atoms with Gasteiger partial charge >= 0.3 is 21.6 Å². The van der Waals surface area contributed by atoms with Gasteiger partial charge < -0.3 is 8.92 Å². The van der Waals surface area contributed by atoms with Crippen LogP contribution < -0.4 is 4.18 Å². The molecule has 3 rings (SSSR count). The average molecular weight is 495 g/mol.